The number of hydrogen-bond acceptors (Lipinski definition) is 0. The Bertz CT molecular complexity index is 640. The first-order chi connectivity index (χ1) is 13.2. The van der Waals surface area contributed by atoms with Crippen molar-refractivity contribution >= 4 is 10.8 Å². The van der Waals surface area contributed by atoms with Crippen molar-refractivity contribution in [3.8, 4) is 0 Å². The molecule has 0 aliphatic heterocycles. The van der Waals surface area contributed by atoms with E-state index >= 15 is 0 Å². The van der Waals surface area contributed by atoms with E-state index in [2.05, 4.69) is 57.2 Å². The molecule has 2 aromatic rings. The topological polar surface area (TPSA) is 0 Å². The zero-order chi connectivity index (χ0) is 19.3. The van der Waals surface area contributed by atoms with E-state index in [4.69, 9.17) is 0 Å². The number of hydrogen-bond donors (Lipinski definition) is 0. The highest BCUT2D eigenvalue weighted by molar-refractivity contribution is 5.86. The van der Waals surface area contributed by atoms with Gasteiger partial charge < -0.3 is 0 Å². The van der Waals surface area contributed by atoms with E-state index in [0.717, 1.165) is 0 Å². The van der Waals surface area contributed by atoms with Crippen molar-refractivity contribution in [1.82, 2.24) is 0 Å². The van der Waals surface area contributed by atoms with E-state index < -0.39 is 0 Å². The quantitative estimate of drug-likeness (QED) is 0.292. The summed E-state index contributed by atoms with van der Waals surface area (Å²) in [5, 5.41) is 2.85. The van der Waals surface area contributed by atoms with E-state index in [-0.39, 0.29) is 0 Å². The highest BCUT2D eigenvalue weighted by Gasteiger charge is 2.09. The van der Waals surface area contributed by atoms with Crippen molar-refractivity contribution in [3.63, 3.8) is 0 Å². The molecule has 0 saturated heterocycles. The molecule has 1 atom stereocenters. The largest absolute Gasteiger partial charge is 0.0654 e. The van der Waals surface area contributed by atoms with E-state index in [1.165, 1.54) is 105 Å². The summed E-state index contributed by atoms with van der Waals surface area (Å²) in [4.78, 5) is 0. The molecule has 0 aromatic heterocycles. The van der Waals surface area contributed by atoms with Gasteiger partial charge in [0.05, 0.1) is 0 Å². The lowest BCUT2D eigenvalue weighted by Gasteiger charge is -2.15. The van der Waals surface area contributed by atoms with Crippen LogP contribution in [-0.4, -0.2) is 0 Å². The van der Waals surface area contributed by atoms with E-state index in [1.54, 1.807) is 0 Å². The minimum atomic E-state index is 0.666. The number of benzene rings is 2. The number of aryl methyl sites for hydroxylation is 1. The van der Waals surface area contributed by atoms with Gasteiger partial charge in [-0.1, -0.05) is 133 Å². The minimum absolute atomic E-state index is 0.666. The summed E-state index contributed by atoms with van der Waals surface area (Å²) in [5.74, 6) is 0.666. The van der Waals surface area contributed by atoms with Crippen LogP contribution in [0.4, 0.5) is 0 Å². The van der Waals surface area contributed by atoms with Gasteiger partial charge >= 0.3 is 0 Å². The highest BCUT2D eigenvalue weighted by Crippen LogP contribution is 2.29. The molecule has 27 heavy (non-hydrogen) atoms. The van der Waals surface area contributed by atoms with Crippen molar-refractivity contribution in [2.24, 2.45) is 0 Å². The lowest BCUT2D eigenvalue weighted by Crippen LogP contribution is -1.95. The van der Waals surface area contributed by atoms with Crippen LogP contribution in [0.2, 0.25) is 0 Å². The Labute approximate surface area is 168 Å². The monoisotopic (exact) mass is 366 g/mol. The van der Waals surface area contributed by atoms with Crippen LogP contribution in [0.25, 0.3) is 10.8 Å². The molecule has 1 unspecified atom stereocenters. The van der Waals surface area contributed by atoms with Gasteiger partial charge in [0.15, 0.2) is 0 Å². The molecule has 150 valence electrons. The van der Waals surface area contributed by atoms with Gasteiger partial charge in [-0.2, -0.15) is 0 Å². The summed E-state index contributed by atoms with van der Waals surface area (Å²) in [6.07, 6.45) is 18.5. The molecule has 0 bridgehead atoms. The molecule has 0 heterocycles. The summed E-state index contributed by atoms with van der Waals surface area (Å²) in [6.45, 7) is 6.89. The van der Waals surface area contributed by atoms with Crippen LogP contribution >= 0.6 is 0 Å². The smallest absolute Gasteiger partial charge is 0.0149 e. The fourth-order valence-corrected chi connectivity index (χ4v) is 4.30. The minimum Gasteiger partial charge on any atom is -0.0654 e. The molecule has 0 aliphatic carbocycles. The molecule has 0 heteroatoms. The Morgan fingerprint density at radius 3 is 1.93 bits per heavy atom. The lowest BCUT2D eigenvalue weighted by molar-refractivity contribution is 0.529. The zero-order valence-corrected chi connectivity index (χ0v) is 18.2. The average molecular weight is 367 g/mol. The summed E-state index contributed by atoms with van der Waals surface area (Å²) in [6, 6.07) is 13.7. The van der Waals surface area contributed by atoms with Crippen LogP contribution in [-0.2, 0) is 0 Å². The van der Waals surface area contributed by atoms with E-state index in [9.17, 15) is 0 Å². The predicted molar refractivity (Wildman–Crippen MR) is 123 cm³/mol. The van der Waals surface area contributed by atoms with Crippen LogP contribution in [0.1, 0.15) is 114 Å². The Morgan fingerprint density at radius 2 is 1.30 bits per heavy atom. The molecule has 0 nitrogen and oxygen atoms in total. The second-order valence-electron chi connectivity index (χ2n) is 8.65. The maximum Gasteiger partial charge on any atom is -0.0149 e. The van der Waals surface area contributed by atoms with Gasteiger partial charge in [0.25, 0.3) is 0 Å². The van der Waals surface area contributed by atoms with E-state index in [0.29, 0.717) is 5.92 Å². The number of rotatable bonds is 14. The summed E-state index contributed by atoms with van der Waals surface area (Å²) in [7, 11) is 0. The SMILES string of the molecule is CCCCCCCCCCCCCCC(C)c1cccc2cc(C)ccc12. The molecular formula is C27H42. The third-order valence-corrected chi connectivity index (χ3v) is 6.09. The van der Waals surface area contributed by atoms with Crippen molar-refractivity contribution in [1.29, 1.82) is 0 Å². The van der Waals surface area contributed by atoms with Crippen molar-refractivity contribution < 1.29 is 0 Å². The summed E-state index contributed by atoms with van der Waals surface area (Å²) in [5.41, 5.74) is 2.89. The third kappa shape index (κ3) is 8.08. The molecule has 0 fully saturated rings. The van der Waals surface area contributed by atoms with Crippen LogP contribution in [0.3, 0.4) is 0 Å². The Kier molecular flexibility index (Phi) is 10.6. The molecule has 0 saturated carbocycles. The molecule has 0 radical (unpaired) electrons. The van der Waals surface area contributed by atoms with Gasteiger partial charge in [-0.05, 0) is 35.6 Å². The van der Waals surface area contributed by atoms with E-state index in [1.807, 2.05) is 0 Å². The maximum absolute atomic E-state index is 2.41. The van der Waals surface area contributed by atoms with Crippen molar-refractivity contribution in [2.45, 2.75) is 110 Å². The van der Waals surface area contributed by atoms with Gasteiger partial charge in [0.2, 0.25) is 0 Å². The third-order valence-electron chi connectivity index (χ3n) is 6.09. The van der Waals surface area contributed by atoms with Gasteiger partial charge in [-0.3, -0.25) is 0 Å². The zero-order valence-electron chi connectivity index (χ0n) is 18.2. The molecule has 0 spiro atoms. The maximum atomic E-state index is 2.41. The fraction of sp³-hybridized carbons (Fsp3) is 0.630. The molecular weight excluding hydrogens is 324 g/mol. The lowest BCUT2D eigenvalue weighted by atomic mass is 9.90. The fourth-order valence-electron chi connectivity index (χ4n) is 4.30. The van der Waals surface area contributed by atoms with Crippen LogP contribution in [0, 0.1) is 6.92 Å². The second-order valence-corrected chi connectivity index (χ2v) is 8.65. The summed E-state index contributed by atoms with van der Waals surface area (Å²) >= 11 is 0. The molecule has 0 aliphatic rings. The Balaban J connectivity index is 1.57. The number of unbranched alkanes of at least 4 members (excludes halogenated alkanes) is 11. The molecule has 0 N–H and O–H groups in total. The second kappa shape index (κ2) is 13.0. The Morgan fingerprint density at radius 1 is 0.704 bits per heavy atom. The van der Waals surface area contributed by atoms with Gasteiger partial charge in [-0.25, -0.2) is 0 Å². The normalized spacial score (nSPS) is 12.6. The van der Waals surface area contributed by atoms with Crippen LogP contribution in [0.15, 0.2) is 36.4 Å². The highest BCUT2D eigenvalue weighted by atomic mass is 14.1. The van der Waals surface area contributed by atoms with Gasteiger partial charge in [0.1, 0.15) is 0 Å². The van der Waals surface area contributed by atoms with Crippen LogP contribution < -0.4 is 0 Å². The van der Waals surface area contributed by atoms with Crippen molar-refractivity contribution in [2.75, 3.05) is 0 Å². The van der Waals surface area contributed by atoms with Crippen LogP contribution in [0.5, 0.6) is 0 Å². The summed E-state index contributed by atoms with van der Waals surface area (Å²) < 4.78 is 0. The Hall–Kier alpha value is -1.30. The van der Waals surface area contributed by atoms with Gasteiger partial charge in [-0.15, -0.1) is 0 Å². The molecule has 0 amide bonds. The molecule has 2 aromatic carbocycles. The first kappa shape index (κ1) is 22.0. The predicted octanol–water partition coefficient (Wildman–Crippen LogP) is 9.34. The van der Waals surface area contributed by atoms with Gasteiger partial charge in [0, 0.05) is 0 Å². The first-order valence-corrected chi connectivity index (χ1v) is 11.7. The number of fused-ring (bicyclic) bond motifs is 1. The standard InChI is InChI=1S/C27H42/c1-4-5-6-7-8-9-10-11-12-13-14-15-17-24(3)26-19-16-18-25-22-23(2)20-21-27(25)26/h16,18-22,24H,4-15,17H2,1-3H3. The average Bonchev–Trinajstić information content (AvgIpc) is 2.68. The molecule has 2 rings (SSSR count). The van der Waals surface area contributed by atoms with Crippen molar-refractivity contribution in [3.05, 3.63) is 47.5 Å². The first-order valence-electron chi connectivity index (χ1n) is 11.7.